The van der Waals surface area contributed by atoms with Gasteiger partial charge in [-0.15, -0.1) is 0 Å². The summed E-state index contributed by atoms with van der Waals surface area (Å²) >= 11 is 0. The molecule has 2 aliphatic rings. The maximum Gasteiger partial charge on any atom is 0.0492 e. The van der Waals surface area contributed by atoms with E-state index in [0.717, 1.165) is 12.1 Å². The van der Waals surface area contributed by atoms with E-state index in [1.807, 2.05) is 0 Å². The maximum atomic E-state index is 5.97. The van der Waals surface area contributed by atoms with Gasteiger partial charge in [0.05, 0.1) is 0 Å². The van der Waals surface area contributed by atoms with Crippen molar-refractivity contribution in [2.75, 3.05) is 7.05 Å². The van der Waals surface area contributed by atoms with Crippen molar-refractivity contribution in [2.24, 2.45) is 11.8 Å². The number of hydrazine groups is 1. The van der Waals surface area contributed by atoms with Crippen molar-refractivity contribution in [1.29, 1.82) is 0 Å². The molecule has 0 aromatic heterocycles. The Morgan fingerprint density at radius 3 is 2.19 bits per heavy atom. The Hall–Kier alpha value is -0.900. The first-order valence-electron chi connectivity index (χ1n) is 8.27. The molecular formula is C18H29N3. The number of aryl methyl sites for hydroxylation is 3. The topological polar surface area (TPSA) is 41.3 Å². The molecule has 2 heterocycles. The van der Waals surface area contributed by atoms with Crippen molar-refractivity contribution in [3.8, 4) is 0 Å². The molecule has 1 aromatic carbocycles. The largest absolute Gasteiger partial charge is 0.300 e. The summed E-state index contributed by atoms with van der Waals surface area (Å²) in [6.45, 7) is 6.60. The fourth-order valence-electron chi connectivity index (χ4n) is 4.52. The predicted octanol–water partition coefficient (Wildman–Crippen LogP) is 2.99. The summed E-state index contributed by atoms with van der Waals surface area (Å²) in [6, 6.07) is 6.46. The second-order valence-electron chi connectivity index (χ2n) is 7.22. The third-order valence-corrected chi connectivity index (χ3v) is 6.00. The van der Waals surface area contributed by atoms with Crippen LogP contribution < -0.4 is 11.3 Å². The molecule has 3 nitrogen and oxygen atoms in total. The fraction of sp³-hybridized carbons (Fsp3) is 0.667. The molecule has 0 radical (unpaired) electrons. The lowest BCUT2D eigenvalue weighted by Crippen LogP contribution is -2.45. The van der Waals surface area contributed by atoms with Crippen molar-refractivity contribution in [3.05, 3.63) is 34.4 Å². The Kier molecular flexibility index (Phi) is 4.08. The van der Waals surface area contributed by atoms with Gasteiger partial charge in [0, 0.05) is 18.1 Å². The molecule has 0 aliphatic carbocycles. The van der Waals surface area contributed by atoms with Crippen LogP contribution in [0.3, 0.4) is 0 Å². The average molecular weight is 287 g/mol. The molecule has 0 saturated carbocycles. The van der Waals surface area contributed by atoms with E-state index >= 15 is 0 Å². The second-order valence-corrected chi connectivity index (χ2v) is 7.22. The number of fused-ring (bicyclic) bond motifs is 2. The van der Waals surface area contributed by atoms with E-state index in [1.165, 1.54) is 47.9 Å². The minimum Gasteiger partial charge on any atom is -0.300 e. The van der Waals surface area contributed by atoms with Gasteiger partial charge >= 0.3 is 0 Å². The first-order valence-corrected chi connectivity index (χ1v) is 8.27. The molecule has 3 atom stereocenters. The Labute approximate surface area is 128 Å². The summed E-state index contributed by atoms with van der Waals surface area (Å²) in [4.78, 5) is 2.59. The Morgan fingerprint density at radius 2 is 1.62 bits per heavy atom. The highest BCUT2D eigenvalue weighted by Crippen LogP contribution is 2.43. The maximum absolute atomic E-state index is 5.97. The third-order valence-electron chi connectivity index (χ3n) is 6.00. The van der Waals surface area contributed by atoms with Gasteiger partial charge in [-0.3, -0.25) is 11.3 Å². The highest BCUT2D eigenvalue weighted by atomic mass is 15.2. The molecule has 21 heavy (non-hydrogen) atoms. The third kappa shape index (κ3) is 2.63. The molecule has 2 bridgehead atoms. The van der Waals surface area contributed by atoms with Crippen molar-refractivity contribution in [2.45, 2.75) is 64.6 Å². The summed E-state index contributed by atoms with van der Waals surface area (Å²) < 4.78 is 0. The highest BCUT2D eigenvalue weighted by molar-refractivity contribution is 5.38. The number of hydrogen-bond acceptors (Lipinski definition) is 3. The van der Waals surface area contributed by atoms with Gasteiger partial charge in [-0.1, -0.05) is 12.1 Å². The number of benzene rings is 1. The highest BCUT2D eigenvalue weighted by Gasteiger charge is 2.41. The van der Waals surface area contributed by atoms with Crippen LogP contribution in [0.25, 0.3) is 0 Å². The minimum absolute atomic E-state index is 0.293. The molecular weight excluding hydrogens is 258 g/mol. The molecule has 0 amide bonds. The van der Waals surface area contributed by atoms with Gasteiger partial charge in [0.25, 0.3) is 0 Å². The van der Waals surface area contributed by atoms with Crippen LogP contribution in [0.5, 0.6) is 0 Å². The molecule has 3 rings (SSSR count). The average Bonchev–Trinajstić information content (AvgIpc) is 2.67. The molecule has 1 aromatic rings. The smallest absolute Gasteiger partial charge is 0.0492 e. The van der Waals surface area contributed by atoms with E-state index in [0.29, 0.717) is 12.0 Å². The Balaban J connectivity index is 1.87. The van der Waals surface area contributed by atoms with Gasteiger partial charge in [-0.2, -0.15) is 0 Å². The van der Waals surface area contributed by atoms with Crippen LogP contribution in [0.1, 0.15) is 54.0 Å². The van der Waals surface area contributed by atoms with Gasteiger partial charge in [-0.05, 0) is 81.7 Å². The van der Waals surface area contributed by atoms with Crippen molar-refractivity contribution in [3.63, 3.8) is 0 Å². The van der Waals surface area contributed by atoms with Gasteiger partial charge in [0.15, 0.2) is 0 Å². The number of piperidine rings is 1. The fourth-order valence-corrected chi connectivity index (χ4v) is 4.52. The molecule has 2 saturated heterocycles. The first kappa shape index (κ1) is 15.0. The van der Waals surface area contributed by atoms with Gasteiger partial charge in [-0.25, -0.2) is 0 Å². The summed E-state index contributed by atoms with van der Waals surface area (Å²) in [7, 11) is 2.30. The van der Waals surface area contributed by atoms with Crippen LogP contribution in [-0.4, -0.2) is 24.0 Å². The summed E-state index contributed by atoms with van der Waals surface area (Å²) in [5.41, 5.74) is 8.64. The van der Waals surface area contributed by atoms with E-state index in [1.54, 1.807) is 0 Å². The zero-order valence-corrected chi connectivity index (χ0v) is 13.8. The SMILES string of the molecule is Cc1cc(C)c(C(NN)C2CC3CCC(C2)N3C)cc1C. The molecule has 0 spiro atoms. The summed E-state index contributed by atoms with van der Waals surface area (Å²) in [6.07, 6.45) is 5.27. The van der Waals surface area contributed by atoms with E-state index in [9.17, 15) is 0 Å². The van der Waals surface area contributed by atoms with Crippen LogP contribution in [0.2, 0.25) is 0 Å². The lowest BCUT2D eigenvalue weighted by molar-refractivity contribution is 0.112. The molecule has 2 aliphatic heterocycles. The summed E-state index contributed by atoms with van der Waals surface area (Å²) in [5, 5.41) is 0. The van der Waals surface area contributed by atoms with E-state index in [2.05, 4.69) is 50.3 Å². The van der Waals surface area contributed by atoms with E-state index < -0.39 is 0 Å². The van der Waals surface area contributed by atoms with Crippen molar-refractivity contribution in [1.82, 2.24) is 10.3 Å². The molecule has 3 N–H and O–H groups in total. The Bertz CT molecular complexity index is 511. The first-order chi connectivity index (χ1) is 10.0. The quantitative estimate of drug-likeness (QED) is 0.663. The molecule has 116 valence electrons. The van der Waals surface area contributed by atoms with Crippen LogP contribution >= 0.6 is 0 Å². The number of rotatable bonds is 3. The van der Waals surface area contributed by atoms with Crippen LogP contribution in [0.4, 0.5) is 0 Å². The van der Waals surface area contributed by atoms with Crippen molar-refractivity contribution < 1.29 is 0 Å². The summed E-state index contributed by atoms with van der Waals surface area (Å²) in [5.74, 6) is 6.63. The number of hydrogen-bond donors (Lipinski definition) is 2. The van der Waals surface area contributed by atoms with Gasteiger partial charge < -0.3 is 4.90 Å². The monoisotopic (exact) mass is 287 g/mol. The van der Waals surface area contributed by atoms with E-state index in [4.69, 9.17) is 5.84 Å². The van der Waals surface area contributed by atoms with Crippen molar-refractivity contribution >= 4 is 0 Å². The molecule has 2 fully saturated rings. The minimum atomic E-state index is 0.293. The van der Waals surface area contributed by atoms with Crippen LogP contribution in [-0.2, 0) is 0 Å². The number of nitrogens with two attached hydrogens (primary N) is 1. The lowest BCUT2D eigenvalue weighted by Gasteiger charge is -2.40. The standard InChI is InChI=1S/C18H29N3/c1-11-7-13(3)17(8-12(11)2)18(20-19)14-9-15-5-6-16(10-14)21(15)4/h7-8,14-16,18,20H,5-6,9-10,19H2,1-4H3. The molecule has 3 unspecified atom stereocenters. The zero-order chi connectivity index (χ0) is 15.1. The van der Waals surface area contributed by atoms with Crippen LogP contribution in [0.15, 0.2) is 12.1 Å². The van der Waals surface area contributed by atoms with Gasteiger partial charge in [0.2, 0.25) is 0 Å². The second kappa shape index (κ2) is 5.71. The normalized spacial score (nSPS) is 30.6. The van der Waals surface area contributed by atoms with E-state index in [-0.39, 0.29) is 0 Å². The van der Waals surface area contributed by atoms with Gasteiger partial charge in [0.1, 0.15) is 0 Å². The molecule has 3 heteroatoms. The zero-order valence-electron chi connectivity index (χ0n) is 13.8. The Morgan fingerprint density at radius 1 is 1.05 bits per heavy atom. The predicted molar refractivity (Wildman–Crippen MR) is 88.0 cm³/mol. The lowest BCUT2D eigenvalue weighted by atomic mass is 9.80. The number of nitrogens with one attached hydrogen (secondary N) is 1. The van der Waals surface area contributed by atoms with Crippen LogP contribution in [0, 0.1) is 26.7 Å². The number of nitrogens with zero attached hydrogens (tertiary/aromatic N) is 1.